The fraction of sp³-hybridized carbons (Fsp3) is 0.421. The summed E-state index contributed by atoms with van der Waals surface area (Å²) in [5.41, 5.74) is 2.01. The fourth-order valence-corrected chi connectivity index (χ4v) is 3.52. The maximum Gasteiger partial charge on any atom is 0.270 e. The number of rotatable bonds is 3. The largest absolute Gasteiger partial charge is 0.339 e. The first kappa shape index (κ1) is 14.9. The van der Waals surface area contributed by atoms with Gasteiger partial charge in [-0.15, -0.1) is 0 Å². The van der Waals surface area contributed by atoms with Gasteiger partial charge in [0.25, 0.3) is 5.91 Å². The Balaban J connectivity index is 1.77. The Bertz CT molecular complexity index is 622. The lowest BCUT2D eigenvalue weighted by molar-refractivity contribution is 0.0613. The van der Waals surface area contributed by atoms with E-state index in [-0.39, 0.29) is 5.91 Å². The van der Waals surface area contributed by atoms with Gasteiger partial charge in [-0.1, -0.05) is 44.2 Å². The normalized spacial score (nSPS) is 21.8. The van der Waals surface area contributed by atoms with Gasteiger partial charge >= 0.3 is 0 Å². The molecular formula is C19H24N2O. The summed E-state index contributed by atoms with van der Waals surface area (Å²) in [6, 6.07) is 14.2. The van der Waals surface area contributed by atoms with Crippen molar-refractivity contribution in [3.05, 3.63) is 59.9 Å². The van der Waals surface area contributed by atoms with Crippen molar-refractivity contribution >= 4 is 5.91 Å². The van der Waals surface area contributed by atoms with E-state index in [4.69, 9.17) is 0 Å². The highest BCUT2D eigenvalue weighted by atomic mass is 16.2. The minimum Gasteiger partial charge on any atom is -0.339 e. The topological polar surface area (TPSA) is 25.2 Å². The Kier molecular flexibility index (Phi) is 4.32. The summed E-state index contributed by atoms with van der Waals surface area (Å²) in [7, 11) is 0. The van der Waals surface area contributed by atoms with E-state index in [1.807, 2.05) is 41.4 Å². The van der Waals surface area contributed by atoms with Gasteiger partial charge in [-0.05, 0) is 36.0 Å². The van der Waals surface area contributed by atoms with Gasteiger partial charge in [0, 0.05) is 25.8 Å². The molecule has 0 saturated carbocycles. The van der Waals surface area contributed by atoms with E-state index >= 15 is 0 Å². The molecule has 0 radical (unpaired) electrons. The van der Waals surface area contributed by atoms with E-state index in [2.05, 4.69) is 30.5 Å². The number of likely N-dealkylation sites (tertiary alicyclic amines) is 1. The van der Waals surface area contributed by atoms with Crippen LogP contribution in [-0.2, 0) is 6.54 Å². The maximum atomic E-state index is 12.9. The zero-order valence-corrected chi connectivity index (χ0v) is 13.4. The summed E-state index contributed by atoms with van der Waals surface area (Å²) < 4.78 is 2.06. The van der Waals surface area contributed by atoms with Gasteiger partial charge in [-0.2, -0.15) is 0 Å². The first-order chi connectivity index (χ1) is 10.6. The average Bonchev–Trinajstić information content (AvgIpc) is 2.94. The summed E-state index contributed by atoms with van der Waals surface area (Å²) in [4.78, 5) is 14.9. The van der Waals surface area contributed by atoms with Gasteiger partial charge in [-0.25, -0.2) is 0 Å². The van der Waals surface area contributed by atoms with Crippen molar-refractivity contribution in [1.29, 1.82) is 0 Å². The van der Waals surface area contributed by atoms with Gasteiger partial charge in [0.15, 0.2) is 0 Å². The highest BCUT2D eigenvalue weighted by molar-refractivity contribution is 5.92. The number of hydrogen-bond acceptors (Lipinski definition) is 1. The number of carbonyl (C=O) groups is 1. The average molecular weight is 296 g/mol. The first-order valence-electron chi connectivity index (χ1n) is 8.12. The molecule has 1 aliphatic heterocycles. The van der Waals surface area contributed by atoms with Crippen LogP contribution in [0.1, 0.15) is 36.3 Å². The van der Waals surface area contributed by atoms with Crippen molar-refractivity contribution in [1.82, 2.24) is 9.47 Å². The third-order valence-electron chi connectivity index (χ3n) is 4.40. The SMILES string of the molecule is CC1CC(C)CN(C(=O)c2cccn2Cc2ccccc2)C1. The molecule has 0 aliphatic carbocycles. The standard InChI is InChI=1S/C19H24N2O/c1-15-11-16(2)13-21(12-15)19(22)18-9-6-10-20(18)14-17-7-4-3-5-8-17/h3-10,15-16H,11-14H2,1-2H3. The lowest BCUT2D eigenvalue weighted by Crippen LogP contribution is -2.43. The van der Waals surface area contributed by atoms with Crippen molar-refractivity contribution in [2.24, 2.45) is 11.8 Å². The number of nitrogens with zero attached hydrogens (tertiary/aromatic N) is 2. The Morgan fingerprint density at radius 2 is 1.73 bits per heavy atom. The second-order valence-corrected chi connectivity index (χ2v) is 6.66. The van der Waals surface area contributed by atoms with E-state index in [9.17, 15) is 4.79 Å². The van der Waals surface area contributed by atoms with Crippen molar-refractivity contribution in [2.45, 2.75) is 26.8 Å². The molecular weight excluding hydrogens is 272 g/mol. The molecule has 2 unspecified atom stereocenters. The molecule has 1 aliphatic rings. The molecule has 1 aromatic heterocycles. The third kappa shape index (κ3) is 3.24. The summed E-state index contributed by atoms with van der Waals surface area (Å²) in [6.07, 6.45) is 3.21. The number of piperidine rings is 1. The molecule has 1 amide bonds. The molecule has 1 saturated heterocycles. The van der Waals surface area contributed by atoms with Gasteiger partial charge in [-0.3, -0.25) is 4.79 Å². The number of carbonyl (C=O) groups excluding carboxylic acids is 1. The molecule has 0 bridgehead atoms. The Morgan fingerprint density at radius 1 is 1.05 bits per heavy atom. The van der Waals surface area contributed by atoms with Gasteiger partial charge < -0.3 is 9.47 Å². The fourth-order valence-electron chi connectivity index (χ4n) is 3.52. The number of hydrogen-bond donors (Lipinski definition) is 0. The predicted molar refractivity (Wildman–Crippen MR) is 88.8 cm³/mol. The quantitative estimate of drug-likeness (QED) is 0.848. The molecule has 116 valence electrons. The van der Waals surface area contributed by atoms with Crippen LogP contribution in [0.4, 0.5) is 0 Å². The molecule has 0 N–H and O–H groups in total. The van der Waals surface area contributed by atoms with Gasteiger partial charge in [0.05, 0.1) is 0 Å². The maximum absolute atomic E-state index is 12.9. The number of aromatic nitrogens is 1. The summed E-state index contributed by atoms with van der Waals surface area (Å²) in [5, 5.41) is 0. The van der Waals surface area contributed by atoms with Crippen LogP contribution in [0.5, 0.6) is 0 Å². The van der Waals surface area contributed by atoms with Crippen LogP contribution in [0, 0.1) is 11.8 Å². The number of amides is 1. The first-order valence-corrected chi connectivity index (χ1v) is 8.12. The zero-order valence-electron chi connectivity index (χ0n) is 13.4. The van der Waals surface area contributed by atoms with Crippen molar-refractivity contribution in [3.8, 4) is 0 Å². The van der Waals surface area contributed by atoms with Gasteiger partial charge in [0.2, 0.25) is 0 Å². The smallest absolute Gasteiger partial charge is 0.270 e. The Morgan fingerprint density at radius 3 is 2.41 bits per heavy atom. The molecule has 3 nitrogen and oxygen atoms in total. The summed E-state index contributed by atoms with van der Waals surface area (Å²) >= 11 is 0. The second kappa shape index (κ2) is 6.39. The molecule has 22 heavy (non-hydrogen) atoms. The zero-order chi connectivity index (χ0) is 15.5. The summed E-state index contributed by atoms with van der Waals surface area (Å²) in [6.45, 7) is 6.96. The minimum absolute atomic E-state index is 0.166. The van der Waals surface area contributed by atoms with Crippen LogP contribution < -0.4 is 0 Å². The second-order valence-electron chi connectivity index (χ2n) is 6.66. The van der Waals surface area contributed by atoms with Crippen molar-refractivity contribution < 1.29 is 4.79 Å². The van der Waals surface area contributed by atoms with Crippen molar-refractivity contribution in [3.63, 3.8) is 0 Å². The number of benzene rings is 1. The minimum atomic E-state index is 0.166. The lowest BCUT2D eigenvalue weighted by Gasteiger charge is -2.35. The Labute approximate surface area is 132 Å². The lowest BCUT2D eigenvalue weighted by atomic mass is 9.92. The van der Waals surface area contributed by atoms with E-state index in [0.717, 1.165) is 25.3 Å². The third-order valence-corrected chi connectivity index (χ3v) is 4.40. The van der Waals surface area contributed by atoms with Gasteiger partial charge in [0.1, 0.15) is 5.69 Å². The molecule has 2 aromatic rings. The molecule has 1 aromatic carbocycles. The van der Waals surface area contributed by atoms with Crippen LogP contribution in [-0.4, -0.2) is 28.5 Å². The molecule has 1 fully saturated rings. The molecule has 2 atom stereocenters. The van der Waals surface area contributed by atoms with Crippen LogP contribution in [0.25, 0.3) is 0 Å². The van der Waals surface area contributed by atoms with E-state index in [0.29, 0.717) is 11.8 Å². The van der Waals surface area contributed by atoms with Crippen LogP contribution in [0.3, 0.4) is 0 Å². The molecule has 2 heterocycles. The predicted octanol–water partition coefficient (Wildman–Crippen LogP) is 3.65. The molecule has 0 spiro atoms. The van der Waals surface area contributed by atoms with Crippen LogP contribution in [0.15, 0.2) is 48.7 Å². The monoisotopic (exact) mass is 296 g/mol. The highest BCUT2D eigenvalue weighted by Gasteiger charge is 2.27. The molecule has 3 heteroatoms. The highest BCUT2D eigenvalue weighted by Crippen LogP contribution is 2.23. The summed E-state index contributed by atoms with van der Waals surface area (Å²) in [5.74, 6) is 1.34. The van der Waals surface area contributed by atoms with Crippen LogP contribution >= 0.6 is 0 Å². The molecule has 3 rings (SSSR count). The van der Waals surface area contributed by atoms with Crippen molar-refractivity contribution in [2.75, 3.05) is 13.1 Å². The van der Waals surface area contributed by atoms with E-state index < -0.39 is 0 Å². The van der Waals surface area contributed by atoms with Crippen LogP contribution in [0.2, 0.25) is 0 Å². The van der Waals surface area contributed by atoms with E-state index in [1.165, 1.54) is 12.0 Å². The Hall–Kier alpha value is -2.03. The van der Waals surface area contributed by atoms with E-state index in [1.54, 1.807) is 0 Å².